The molecule has 0 aliphatic rings. The summed E-state index contributed by atoms with van der Waals surface area (Å²) in [6.45, 7) is 1.51. The van der Waals surface area contributed by atoms with Crippen LogP contribution in [0.15, 0.2) is 18.2 Å². The van der Waals surface area contributed by atoms with Crippen LogP contribution in [0, 0.1) is 5.82 Å². The van der Waals surface area contributed by atoms with Gasteiger partial charge >= 0.3 is 0 Å². The molecule has 0 atom stereocenters. The van der Waals surface area contributed by atoms with Gasteiger partial charge in [0, 0.05) is 25.2 Å². The van der Waals surface area contributed by atoms with Crippen molar-refractivity contribution in [2.75, 3.05) is 20.2 Å². The van der Waals surface area contributed by atoms with Gasteiger partial charge in [0.2, 0.25) is 0 Å². The first-order valence-electron chi connectivity index (χ1n) is 4.94. The summed E-state index contributed by atoms with van der Waals surface area (Å²) < 4.78 is 13.4. The van der Waals surface area contributed by atoms with Crippen LogP contribution in [0.3, 0.4) is 0 Å². The summed E-state index contributed by atoms with van der Waals surface area (Å²) >= 11 is 0. The third-order valence-corrected chi connectivity index (χ3v) is 2.27. The first-order chi connectivity index (χ1) is 7.17. The molecule has 1 aromatic carbocycles. The highest BCUT2D eigenvalue weighted by Crippen LogP contribution is 2.12. The second-order valence-corrected chi connectivity index (χ2v) is 3.59. The molecule has 0 saturated heterocycles. The van der Waals surface area contributed by atoms with Crippen LogP contribution in [0.25, 0.3) is 0 Å². The van der Waals surface area contributed by atoms with Crippen LogP contribution >= 0.6 is 0 Å². The minimum Gasteiger partial charge on any atom is -0.395 e. The van der Waals surface area contributed by atoms with E-state index in [-0.39, 0.29) is 12.4 Å². The minimum absolute atomic E-state index is 0.0781. The topological polar surface area (TPSA) is 49.5 Å². The van der Waals surface area contributed by atoms with Crippen LogP contribution in [0.1, 0.15) is 11.1 Å². The Hall–Kier alpha value is -0.970. The number of rotatable bonds is 5. The van der Waals surface area contributed by atoms with E-state index in [0.717, 1.165) is 5.56 Å². The van der Waals surface area contributed by atoms with Crippen LogP contribution in [-0.2, 0) is 13.1 Å². The van der Waals surface area contributed by atoms with Crippen molar-refractivity contribution in [3.8, 4) is 0 Å². The van der Waals surface area contributed by atoms with E-state index in [1.54, 1.807) is 12.1 Å². The number of halogens is 1. The predicted octanol–water partition coefficient (Wildman–Crippen LogP) is 0.708. The number of hydrogen-bond donors (Lipinski definition) is 2. The smallest absolute Gasteiger partial charge is 0.127 e. The maximum absolute atomic E-state index is 13.4. The second kappa shape index (κ2) is 5.80. The molecule has 84 valence electrons. The third kappa shape index (κ3) is 3.58. The summed E-state index contributed by atoms with van der Waals surface area (Å²) in [7, 11) is 1.84. The molecule has 0 aliphatic carbocycles. The van der Waals surface area contributed by atoms with Gasteiger partial charge in [-0.05, 0) is 18.7 Å². The quantitative estimate of drug-likeness (QED) is 0.755. The third-order valence-electron chi connectivity index (χ3n) is 2.27. The monoisotopic (exact) mass is 212 g/mol. The van der Waals surface area contributed by atoms with E-state index in [1.165, 1.54) is 6.07 Å². The Kier molecular flexibility index (Phi) is 4.68. The molecule has 0 bridgehead atoms. The van der Waals surface area contributed by atoms with Crippen LogP contribution in [0.2, 0.25) is 0 Å². The maximum Gasteiger partial charge on any atom is 0.127 e. The summed E-state index contributed by atoms with van der Waals surface area (Å²) in [4.78, 5) is 1.86. The fraction of sp³-hybridized carbons (Fsp3) is 0.455. The molecule has 0 aromatic heterocycles. The Bertz CT molecular complexity index is 317. The second-order valence-electron chi connectivity index (χ2n) is 3.59. The van der Waals surface area contributed by atoms with Gasteiger partial charge in [-0.3, -0.25) is 4.90 Å². The van der Waals surface area contributed by atoms with E-state index >= 15 is 0 Å². The van der Waals surface area contributed by atoms with Crippen molar-refractivity contribution in [3.63, 3.8) is 0 Å². The number of aliphatic hydroxyl groups excluding tert-OH is 1. The SMILES string of the molecule is CN(CCO)Cc1cc(CN)ccc1F. The Balaban J connectivity index is 2.74. The predicted molar refractivity (Wildman–Crippen MR) is 57.7 cm³/mol. The van der Waals surface area contributed by atoms with Crippen molar-refractivity contribution in [3.05, 3.63) is 35.1 Å². The lowest BCUT2D eigenvalue weighted by Gasteiger charge is -2.16. The summed E-state index contributed by atoms with van der Waals surface area (Å²) in [5.74, 6) is -0.225. The molecular formula is C11H17FN2O. The summed E-state index contributed by atoms with van der Waals surface area (Å²) in [5, 5.41) is 8.73. The number of hydrogen-bond acceptors (Lipinski definition) is 3. The molecule has 0 unspecified atom stereocenters. The zero-order valence-electron chi connectivity index (χ0n) is 8.91. The van der Waals surface area contributed by atoms with E-state index in [9.17, 15) is 4.39 Å². The molecule has 0 spiro atoms. The van der Waals surface area contributed by atoms with Gasteiger partial charge in [-0.1, -0.05) is 12.1 Å². The zero-order valence-corrected chi connectivity index (χ0v) is 8.91. The van der Waals surface area contributed by atoms with Gasteiger partial charge in [-0.15, -0.1) is 0 Å². The summed E-state index contributed by atoms with van der Waals surface area (Å²) in [6, 6.07) is 4.89. The molecule has 0 saturated carbocycles. The summed E-state index contributed by atoms with van der Waals surface area (Å²) in [5.41, 5.74) is 7.02. The first kappa shape index (κ1) is 12.1. The molecule has 15 heavy (non-hydrogen) atoms. The molecule has 0 fully saturated rings. The van der Waals surface area contributed by atoms with Crippen molar-refractivity contribution in [2.45, 2.75) is 13.1 Å². The average molecular weight is 212 g/mol. The molecule has 4 heteroatoms. The number of nitrogens with two attached hydrogens (primary N) is 1. The molecule has 1 aromatic rings. The van der Waals surface area contributed by atoms with Gasteiger partial charge in [0.25, 0.3) is 0 Å². The van der Waals surface area contributed by atoms with Gasteiger partial charge in [0.1, 0.15) is 5.82 Å². The van der Waals surface area contributed by atoms with Crippen LogP contribution in [-0.4, -0.2) is 30.2 Å². The van der Waals surface area contributed by atoms with E-state index in [1.807, 2.05) is 11.9 Å². The van der Waals surface area contributed by atoms with Crippen molar-refractivity contribution in [2.24, 2.45) is 5.73 Å². The molecule has 1 rings (SSSR count). The van der Waals surface area contributed by atoms with Crippen molar-refractivity contribution >= 4 is 0 Å². The van der Waals surface area contributed by atoms with Gasteiger partial charge in [-0.25, -0.2) is 4.39 Å². The van der Waals surface area contributed by atoms with E-state index in [0.29, 0.717) is 25.2 Å². The number of likely N-dealkylation sites (N-methyl/N-ethyl adjacent to an activating group) is 1. The van der Waals surface area contributed by atoms with Crippen molar-refractivity contribution in [1.82, 2.24) is 4.90 Å². The summed E-state index contributed by atoms with van der Waals surface area (Å²) in [6.07, 6.45) is 0. The maximum atomic E-state index is 13.4. The zero-order chi connectivity index (χ0) is 11.3. The number of aliphatic hydroxyl groups is 1. The largest absolute Gasteiger partial charge is 0.395 e. The molecule has 3 nitrogen and oxygen atoms in total. The van der Waals surface area contributed by atoms with Crippen molar-refractivity contribution < 1.29 is 9.50 Å². The highest BCUT2D eigenvalue weighted by Gasteiger charge is 2.06. The molecule has 0 heterocycles. The lowest BCUT2D eigenvalue weighted by Crippen LogP contribution is -2.22. The van der Waals surface area contributed by atoms with Crippen molar-refractivity contribution in [1.29, 1.82) is 0 Å². The van der Waals surface area contributed by atoms with E-state index in [2.05, 4.69) is 0 Å². The number of nitrogens with zero attached hydrogens (tertiary/aromatic N) is 1. The Morgan fingerprint density at radius 2 is 2.20 bits per heavy atom. The van der Waals surface area contributed by atoms with E-state index < -0.39 is 0 Å². The van der Waals surface area contributed by atoms with Crippen LogP contribution in [0.4, 0.5) is 4.39 Å². The number of benzene rings is 1. The Morgan fingerprint density at radius 3 is 2.80 bits per heavy atom. The Labute approximate surface area is 89.3 Å². The highest BCUT2D eigenvalue weighted by molar-refractivity contribution is 5.24. The fourth-order valence-corrected chi connectivity index (χ4v) is 1.42. The average Bonchev–Trinajstić information content (AvgIpc) is 2.21. The lowest BCUT2D eigenvalue weighted by atomic mass is 10.1. The minimum atomic E-state index is -0.225. The Morgan fingerprint density at radius 1 is 1.47 bits per heavy atom. The molecule has 0 radical (unpaired) electrons. The van der Waals surface area contributed by atoms with Gasteiger partial charge in [0.05, 0.1) is 6.61 Å². The highest BCUT2D eigenvalue weighted by atomic mass is 19.1. The molecular weight excluding hydrogens is 195 g/mol. The van der Waals surface area contributed by atoms with E-state index in [4.69, 9.17) is 10.8 Å². The standard InChI is InChI=1S/C11H17FN2O/c1-14(4-5-15)8-10-6-9(7-13)2-3-11(10)12/h2-3,6,15H,4-5,7-8,13H2,1H3. The molecule has 3 N–H and O–H groups in total. The first-order valence-corrected chi connectivity index (χ1v) is 4.94. The van der Waals surface area contributed by atoms with Crippen LogP contribution in [0.5, 0.6) is 0 Å². The van der Waals surface area contributed by atoms with Crippen LogP contribution < -0.4 is 5.73 Å². The molecule has 0 aliphatic heterocycles. The lowest BCUT2D eigenvalue weighted by molar-refractivity contribution is 0.216. The van der Waals surface area contributed by atoms with Gasteiger partial charge < -0.3 is 10.8 Å². The van der Waals surface area contributed by atoms with Gasteiger partial charge in [0.15, 0.2) is 0 Å². The normalized spacial score (nSPS) is 11.0. The fourth-order valence-electron chi connectivity index (χ4n) is 1.42. The molecule has 0 amide bonds. The van der Waals surface area contributed by atoms with Gasteiger partial charge in [-0.2, -0.15) is 0 Å².